The van der Waals surface area contributed by atoms with Crippen LogP contribution in [0.4, 0.5) is 30.2 Å². The van der Waals surface area contributed by atoms with E-state index in [0.29, 0.717) is 28.5 Å². The molecule has 4 aromatic rings. The average molecular weight is 479 g/mol. The zero-order valence-corrected chi connectivity index (χ0v) is 18.3. The van der Waals surface area contributed by atoms with Crippen molar-refractivity contribution in [2.24, 2.45) is 0 Å². The Balaban J connectivity index is 1.29. The lowest BCUT2D eigenvalue weighted by atomic mass is 10.1. The normalized spacial score (nSPS) is 13.3. The molecule has 1 aliphatic rings. The van der Waals surface area contributed by atoms with Gasteiger partial charge in [-0.25, -0.2) is 0 Å². The van der Waals surface area contributed by atoms with Gasteiger partial charge in [0.1, 0.15) is 17.3 Å². The second-order valence-corrected chi connectivity index (χ2v) is 8.01. The predicted octanol–water partition coefficient (Wildman–Crippen LogP) is 5.50. The molecule has 0 saturated carbocycles. The molecular formula is C25H20F3N5O2. The maximum atomic E-state index is 12.8. The number of rotatable bonds is 6. The number of carbonyl (C=O) groups excluding carboxylic acids is 1. The van der Waals surface area contributed by atoms with Gasteiger partial charge in [-0.05, 0) is 47.3 Å². The third-order valence-corrected chi connectivity index (χ3v) is 5.50. The Bertz CT molecular complexity index is 1410. The zero-order chi connectivity index (χ0) is 24.6. The second-order valence-electron chi connectivity index (χ2n) is 8.01. The SMILES string of the molecule is C=C(Nc1ccc2c(c1)OCC(=O)N2Cc1ccc(C(F)(F)F)nc1)Nc1ccc2cc[nH]c2c1. The quantitative estimate of drug-likeness (QED) is 0.340. The number of H-pyrrole nitrogens is 1. The van der Waals surface area contributed by atoms with E-state index in [-0.39, 0.29) is 19.1 Å². The summed E-state index contributed by atoms with van der Waals surface area (Å²) in [7, 11) is 0. The molecular weight excluding hydrogens is 459 g/mol. The van der Waals surface area contributed by atoms with Gasteiger partial charge in [0.25, 0.3) is 5.91 Å². The third kappa shape index (κ3) is 4.77. The van der Waals surface area contributed by atoms with Crippen LogP contribution in [-0.4, -0.2) is 22.5 Å². The molecule has 5 rings (SSSR count). The lowest BCUT2D eigenvalue weighted by molar-refractivity contribution is -0.141. The first-order valence-electron chi connectivity index (χ1n) is 10.7. The minimum Gasteiger partial charge on any atom is -0.481 e. The van der Waals surface area contributed by atoms with Gasteiger partial charge in [-0.15, -0.1) is 0 Å². The first-order valence-corrected chi connectivity index (χ1v) is 10.7. The Morgan fingerprint density at radius 3 is 2.60 bits per heavy atom. The fourth-order valence-corrected chi connectivity index (χ4v) is 3.83. The van der Waals surface area contributed by atoms with Crippen molar-refractivity contribution in [2.75, 3.05) is 22.1 Å². The number of anilines is 3. The number of pyridine rings is 1. The molecule has 0 fully saturated rings. The monoisotopic (exact) mass is 479 g/mol. The van der Waals surface area contributed by atoms with Gasteiger partial charge in [0, 0.05) is 35.4 Å². The first-order chi connectivity index (χ1) is 16.8. The number of aromatic amines is 1. The van der Waals surface area contributed by atoms with Gasteiger partial charge in [0.2, 0.25) is 0 Å². The molecule has 1 amide bonds. The molecule has 2 aromatic carbocycles. The van der Waals surface area contributed by atoms with Crippen LogP contribution >= 0.6 is 0 Å². The van der Waals surface area contributed by atoms with E-state index >= 15 is 0 Å². The van der Waals surface area contributed by atoms with Crippen LogP contribution in [0.3, 0.4) is 0 Å². The maximum Gasteiger partial charge on any atom is 0.433 e. The van der Waals surface area contributed by atoms with Crippen molar-refractivity contribution in [3.05, 3.63) is 90.6 Å². The minimum atomic E-state index is -4.52. The number of amides is 1. The highest BCUT2D eigenvalue weighted by molar-refractivity contribution is 5.98. The van der Waals surface area contributed by atoms with E-state index in [2.05, 4.69) is 27.2 Å². The Kier molecular flexibility index (Phi) is 5.56. The van der Waals surface area contributed by atoms with Crippen molar-refractivity contribution in [1.82, 2.24) is 9.97 Å². The minimum absolute atomic E-state index is 0.0720. The van der Waals surface area contributed by atoms with Gasteiger partial charge in [-0.2, -0.15) is 13.2 Å². The summed E-state index contributed by atoms with van der Waals surface area (Å²) < 4.78 is 43.9. The summed E-state index contributed by atoms with van der Waals surface area (Å²) in [6.45, 7) is 3.90. The van der Waals surface area contributed by atoms with Crippen molar-refractivity contribution in [3.63, 3.8) is 0 Å². The maximum absolute atomic E-state index is 12.8. The van der Waals surface area contributed by atoms with Crippen LogP contribution in [0.2, 0.25) is 0 Å². The van der Waals surface area contributed by atoms with Gasteiger partial charge in [-0.1, -0.05) is 18.7 Å². The molecule has 1 aliphatic heterocycles. The van der Waals surface area contributed by atoms with Crippen LogP contribution in [0.15, 0.2) is 79.4 Å². The van der Waals surface area contributed by atoms with Gasteiger partial charge < -0.3 is 25.3 Å². The highest BCUT2D eigenvalue weighted by Crippen LogP contribution is 2.36. The Labute approximate surface area is 198 Å². The molecule has 0 saturated heterocycles. The molecule has 0 aliphatic carbocycles. The van der Waals surface area contributed by atoms with E-state index < -0.39 is 11.9 Å². The number of alkyl halides is 3. The number of benzene rings is 2. The molecule has 0 unspecified atom stereocenters. The van der Waals surface area contributed by atoms with Gasteiger partial charge in [-0.3, -0.25) is 9.78 Å². The largest absolute Gasteiger partial charge is 0.481 e. The van der Waals surface area contributed by atoms with E-state index in [1.165, 1.54) is 11.0 Å². The lowest BCUT2D eigenvalue weighted by Crippen LogP contribution is -2.38. The van der Waals surface area contributed by atoms with Crippen LogP contribution in [0.5, 0.6) is 5.75 Å². The fourth-order valence-electron chi connectivity index (χ4n) is 3.83. The summed E-state index contributed by atoms with van der Waals surface area (Å²) in [5.41, 5.74) is 2.55. The van der Waals surface area contributed by atoms with E-state index in [1.54, 1.807) is 18.2 Å². The highest BCUT2D eigenvalue weighted by atomic mass is 19.4. The van der Waals surface area contributed by atoms with Crippen LogP contribution in [0.1, 0.15) is 11.3 Å². The summed E-state index contributed by atoms with van der Waals surface area (Å²) in [6, 6.07) is 15.3. The lowest BCUT2D eigenvalue weighted by Gasteiger charge is -2.30. The molecule has 35 heavy (non-hydrogen) atoms. The standard InChI is InChI=1S/C25H20F3N5O2/c1-15(31-18-4-3-17-8-9-29-20(17)10-18)32-19-5-6-21-22(11-19)35-14-24(34)33(21)13-16-2-7-23(30-12-16)25(26,27)28/h2-12,29,31-32H,1,13-14H2. The van der Waals surface area contributed by atoms with Crippen molar-refractivity contribution in [2.45, 2.75) is 12.7 Å². The Morgan fingerprint density at radius 2 is 1.86 bits per heavy atom. The smallest absolute Gasteiger partial charge is 0.433 e. The number of nitrogens with one attached hydrogen (secondary N) is 3. The van der Waals surface area contributed by atoms with Crippen LogP contribution < -0.4 is 20.3 Å². The number of fused-ring (bicyclic) bond motifs is 2. The Hall–Kier alpha value is -4.47. The summed E-state index contributed by atoms with van der Waals surface area (Å²) in [6.07, 6.45) is -1.52. The summed E-state index contributed by atoms with van der Waals surface area (Å²) >= 11 is 0. The number of halogens is 3. The summed E-state index contributed by atoms with van der Waals surface area (Å²) in [5, 5.41) is 7.46. The number of carbonyl (C=O) groups is 1. The fraction of sp³-hybridized carbons (Fsp3) is 0.120. The molecule has 2 aromatic heterocycles. The molecule has 0 bridgehead atoms. The number of nitrogens with zero attached hydrogens (tertiary/aromatic N) is 2. The molecule has 0 radical (unpaired) electrons. The topological polar surface area (TPSA) is 82.3 Å². The molecule has 7 nitrogen and oxygen atoms in total. The second kappa shape index (κ2) is 8.71. The average Bonchev–Trinajstić information content (AvgIpc) is 3.28. The highest BCUT2D eigenvalue weighted by Gasteiger charge is 2.32. The van der Waals surface area contributed by atoms with Gasteiger partial charge >= 0.3 is 6.18 Å². The van der Waals surface area contributed by atoms with Crippen LogP contribution in [-0.2, 0) is 17.5 Å². The summed E-state index contributed by atoms with van der Waals surface area (Å²) in [5.74, 6) is 0.703. The molecule has 3 heterocycles. The third-order valence-electron chi connectivity index (χ3n) is 5.50. The van der Waals surface area contributed by atoms with Crippen LogP contribution in [0.25, 0.3) is 10.9 Å². The molecule has 0 atom stereocenters. The van der Waals surface area contributed by atoms with E-state index in [0.717, 1.165) is 28.9 Å². The number of hydrogen-bond donors (Lipinski definition) is 3. The summed E-state index contributed by atoms with van der Waals surface area (Å²) in [4.78, 5) is 20.6. The predicted molar refractivity (Wildman–Crippen MR) is 127 cm³/mol. The van der Waals surface area contributed by atoms with E-state index in [9.17, 15) is 18.0 Å². The molecule has 0 spiro atoms. The van der Waals surface area contributed by atoms with Crippen LogP contribution in [0, 0.1) is 0 Å². The van der Waals surface area contributed by atoms with Gasteiger partial charge in [0.15, 0.2) is 6.61 Å². The molecule has 178 valence electrons. The van der Waals surface area contributed by atoms with E-state index in [1.807, 2.05) is 30.5 Å². The molecule has 10 heteroatoms. The van der Waals surface area contributed by atoms with Crippen molar-refractivity contribution >= 4 is 33.9 Å². The van der Waals surface area contributed by atoms with Gasteiger partial charge in [0.05, 0.1) is 12.2 Å². The number of ether oxygens (including phenoxy) is 1. The van der Waals surface area contributed by atoms with Crippen molar-refractivity contribution < 1.29 is 22.7 Å². The Morgan fingerprint density at radius 1 is 1.09 bits per heavy atom. The van der Waals surface area contributed by atoms with Crippen molar-refractivity contribution in [1.29, 1.82) is 0 Å². The van der Waals surface area contributed by atoms with E-state index in [4.69, 9.17) is 4.74 Å². The zero-order valence-electron chi connectivity index (χ0n) is 18.3. The first kappa shape index (κ1) is 22.3. The number of hydrogen-bond acceptors (Lipinski definition) is 5. The van der Waals surface area contributed by atoms with Crippen molar-refractivity contribution in [3.8, 4) is 5.75 Å². The number of aromatic nitrogens is 2. The molecule has 3 N–H and O–H groups in total.